The molecule has 82 valence electrons. The van der Waals surface area contributed by atoms with Crippen LogP contribution in [0, 0.1) is 0 Å². The molecular formula is C11H16N2O2. The first-order chi connectivity index (χ1) is 7.15. The van der Waals surface area contributed by atoms with Crippen LogP contribution in [-0.4, -0.2) is 23.6 Å². The molecule has 0 fully saturated rings. The van der Waals surface area contributed by atoms with Crippen molar-refractivity contribution < 1.29 is 9.90 Å². The van der Waals surface area contributed by atoms with E-state index in [0.29, 0.717) is 6.54 Å². The zero-order valence-electron chi connectivity index (χ0n) is 8.73. The van der Waals surface area contributed by atoms with E-state index < -0.39 is 0 Å². The number of nitrogens with one attached hydrogen (secondary N) is 1. The van der Waals surface area contributed by atoms with Crippen molar-refractivity contribution in [1.29, 1.82) is 0 Å². The molecule has 1 rings (SSSR count). The Morgan fingerprint density at radius 1 is 1.53 bits per heavy atom. The standard InChI is InChI=1S/C11H16N2O2/c1-2-8(12)7-13-11(15)9-5-3-4-6-10(9)14/h3-6,8,14H,2,7,12H2,1H3,(H,13,15). The zero-order valence-corrected chi connectivity index (χ0v) is 8.73. The predicted molar refractivity (Wildman–Crippen MR) is 58.7 cm³/mol. The van der Waals surface area contributed by atoms with Crippen molar-refractivity contribution >= 4 is 5.91 Å². The van der Waals surface area contributed by atoms with Crippen LogP contribution in [0.15, 0.2) is 24.3 Å². The number of hydrogen-bond acceptors (Lipinski definition) is 3. The molecule has 4 nitrogen and oxygen atoms in total. The third-order valence-corrected chi connectivity index (χ3v) is 2.20. The minimum atomic E-state index is -0.294. The fraction of sp³-hybridized carbons (Fsp3) is 0.364. The van der Waals surface area contributed by atoms with E-state index in [2.05, 4.69) is 5.32 Å². The van der Waals surface area contributed by atoms with Gasteiger partial charge in [-0.3, -0.25) is 4.79 Å². The molecule has 1 amide bonds. The Hall–Kier alpha value is -1.55. The van der Waals surface area contributed by atoms with Crippen LogP contribution in [0.2, 0.25) is 0 Å². The highest BCUT2D eigenvalue weighted by molar-refractivity contribution is 5.96. The third kappa shape index (κ3) is 3.25. The van der Waals surface area contributed by atoms with E-state index in [1.165, 1.54) is 6.07 Å². The molecule has 0 heterocycles. The molecule has 1 aromatic carbocycles. The first-order valence-corrected chi connectivity index (χ1v) is 4.97. The van der Waals surface area contributed by atoms with Gasteiger partial charge in [0, 0.05) is 12.6 Å². The highest BCUT2D eigenvalue weighted by Gasteiger charge is 2.10. The van der Waals surface area contributed by atoms with Crippen LogP contribution < -0.4 is 11.1 Å². The summed E-state index contributed by atoms with van der Waals surface area (Å²) in [5, 5.41) is 12.1. The molecule has 1 atom stereocenters. The van der Waals surface area contributed by atoms with Crippen LogP contribution in [-0.2, 0) is 0 Å². The zero-order chi connectivity index (χ0) is 11.3. The molecule has 0 aliphatic rings. The minimum absolute atomic E-state index is 0.0138. The van der Waals surface area contributed by atoms with Crippen molar-refractivity contribution in [2.24, 2.45) is 5.73 Å². The molecule has 4 N–H and O–H groups in total. The number of rotatable bonds is 4. The van der Waals surface area contributed by atoms with Gasteiger partial charge >= 0.3 is 0 Å². The SMILES string of the molecule is CCC(N)CNC(=O)c1ccccc1O. The van der Waals surface area contributed by atoms with Crippen molar-refractivity contribution in [3.05, 3.63) is 29.8 Å². The average Bonchev–Trinajstić information content (AvgIpc) is 2.26. The molecule has 0 aliphatic carbocycles. The maximum absolute atomic E-state index is 11.6. The molecule has 0 aromatic heterocycles. The lowest BCUT2D eigenvalue weighted by Gasteiger charge is -2.10. The van der Waals surface area contributed by atoms with Gasteiger partial charge in [-0.2, -0.15) is 0 Å². The van der Waals surface area contributed by atoms with Crippen molar-refractivity contribution in [3.8, 4) is 5.75 Å². The highest BCUT2D eigenvalue weighted by atomic mass is 16.3. The van der Waals surface area contributed by atoms with E-state index in [1.807, 2.05) is 6.92 Å². The molecule has 1 unspecified atom stereocenters. The number of carbonyl (C=O) groups is 1. The van der Waals surface area contributed by atoms with E-state index in [0.717, 1.165) is 6.42 Å². The summed E-state index contributed by atoms with van der Waals surface area (Å²) in [6, 6.07) is 6.38. The van der Waals surface area contributed by atoms with Gasteiger partial charge in [-0.05, 0) is 18.6 Å². The molecule has 0 aliphatic heterocycles. The topological polar surface area (TPSA) is 75.3 Å². The number of hydrogen-bond donors (Lipinski definition) is 3. The Balaban J connectivity index is 2.58. The monoisotopic (exact) mass is 208 g/mol. The lowest BCUT2D eigenvalue weighted by Crippen LogP contribution is -2.36. The summed E-state index contributed by atoms with van der Waals surface area (Å²) >= 11 is 0. The van der Waals surface area contributed by atoms with Gasteiger partial charge in [-0.25, -0.2) is 0 Å². The second kappa shape index (κ2) is 5.36. The van der Waals surface area contributed by atoms with Crippen LogP contribution in [0.25, 0.3) is 0 Å². The Morgan fingerprint density at radius 3 is 2.80 bits per heavy atom. The molecule has 0 radical (unpaired) electrons. The summed E-state index contributed by atoms with van der Waals surface area (Å²) < 4.78 is 0. The fourth-order valence-corrected chi connectivity index (χ4v) is 1.13. The quantitative estimate of drug-likeness (QED) is 0.687. The molecule has 4 heteroatoms. The summed E-state index contributed by atoms with van der Waals surface area (Å²) in [5.41, 5.74) is 5.94. The van der Waals surface area contributed by atoms with E-state index in [1.54, 1.807) is 18.2 Å². The van der Waals surface area contributed by atoms with Gasteiger partial charge in [0.1, 0.15) is 5.75 Å². The van der Waals surface area contributed by atoms with Crippen LogP contribution in [0.3, 0.4) is 0 Å². The van der Waals surface area contributed by atoms with E-state index in [-0.39, 0.29) is 23.3 Å². The molecule has 0 saturated heterocycles. The van der Waals surface area contributed by atoms with Crippen molar-refractivity contribution in [2.45, 2.75) is 19.4 Å². The lowest BCUT2D eigenvalue weighted by atomic mass is 10.2. The van der Waals surface area contributed by atoms with Gasteiger partial charge in [0.2, 0.25) is 0 Å². The largest absolute Gasteiger partial charge is 0.507 e. The maximum atomic E-state index is 11.6. The lowest BCUT2D eigenvalue weighted by molar-refractivity contribution is 0.0948. The van der Waals surface area contributed by atoms with E-state index in [4.69, 9.17) is 5.73 Å². The summed E-state index contributed by atoms with van der Waals surface area (Å²) in [7, 11) is 0. The second-order valence-electron chi connectivity index (χ2n) is 3.40. The average molecular weight is 208 g/mol. The summed E-state index contributed by atoms with van der Waals surface area (Å²) in [6.07, 6.45) is 0.807. The number of para-hydroxylation sites is 1. The Morgan fingerprint density at radius 2 is 2.20 bits per heavy atom. The van der Waals surface area contributed by atoms with Crippen LogP contribution in [0.4, 0.5) is 0 Å². The van der Waals surface area contributed by atoms with Gasteiger partial charge in [-0.1, -0.05) is 19.1 Å². The Kier molecular flexibility index (Phi) is 4.12. The van der Waals surface area contributed by atoms with Gasteiger partial charge in [0.25, 0.3) is 5.91 Å². The van der Waals surface area contributed by atoms with Gasteiger partial charge in [-0.15, -0.1) is 0 Å². The number of carbonyl (C=O) groups excluding carboxylic acids is 1. The first-order valence-electron chi connectivity index (χ1n) is 4.97. The van der Waals surface area contributed by atoms with Gasteiger partial charge in [0.05, 0.1) is 5.56 Å². The number of phenolic OH excluding ortho intramolecular Hbond substituents is 1. The first kappa shape index (κ1) is 11.5. The number of nitrogens with two attached hydrogens (primary N) is 1. The van der Waals surface area contributed by atoms with E-state index in [9.17, 15) is 9.90 Å². The second-order valence-corrected chi connectivity index (χ2v) is 3.40. The fourth-order valence-electron chi connectivity index (χ4n) is 1.13. The summed E-state index contributed by atoms with van der Waals surface area (Å²) in [4.78, 5) is 11.6. The Bertz CT molecular complexity index is 339. The molecular weight excluding hydrogens is 192 g/mol. The maximum Gasteiger partial charge on any atom is 0.255 e. The van der Waals surface area contributed by atoms with Crippen molar-refractivity contribution in [1.82, 2.24) is 5.32 Å². The van der Waals surface area contributed by atoms with Gasteiger partial charge < -0.3 is 16.2 Å². The molecule has 0 saturated carbocycles. The molecule has 1 aromatic rings. The number of benzene rings is 1. The predicted octanol–water partition coefficient (Wildman–Crippen LogP) is 0.859. The summed E-state index contributed by atoms with van der Waals surface area (Å²) in [5.74, 6) is -0.308. The molecule has 0 spiro atoms. The third-order valence-electron chi connectivity index (χ3n) is 2.20. The normalized spacial score (nSPS) is 12.1. The molecule has 0 bridgehead atoms. The van der Waals surface area contributed by atoms with Gasteiger partial charge in [0.15, 0.2) is 0 Å². The number of amides is 1. The van der Waals surface area contributed by atoms with Crippen molar-refractivity contribution in [3.63, 3.8) is 0 Å². The van der Waals surface area contributed by atoms with E-state index >= 15 is 0 Å². The Labute approximate surface area is 89.1 Å². The van der Waals surface area contributed by atoms with Crippen molar-refractivity contribution in [2.75, 3.05) is 6.54 Å². The van der Waals surface area contributed by atoms with Crippen LogP contribution in [0.1, 0.15) is 23.7 Å². The summed E-state index contributed by atoms with van der Waals surface area (Å²) in [6.45, 7) is 2.38. The number of aromatic hydroxyl groups is 1. The molecule has 15 heavy (non-hydrogen) atoms. The minimum Gasteiger partial charge on any atom is -0.507 e. The smallest absolute Gasteiger partial charge is 0.255 e. The highest BCUT2D eigenvalue weighted by Crippen LogP contribution is 2.14. The van der Waals surface area contributed by atoms with Crippen LogP contribution >= 0.6 is 0 Å². The van der Waals surface area contributed by atoms with Crippen LogP contribution in [0.5, 0.6) is 5.75 Å². The number of phenols is 1.